The number of ether oxygens (including phenoxy) is 1. The Balaban J connectivity index is 2.28. The number of benzene rings is 1. The number of nitrogens with zero attached hydrogens (tertiary/aromatic N) is 2. The molecule has 0 unspecified atom stereocenters. The maximum Gasteiger partial charge on any atom is 0.312 e. The average Bonchev–Trinajstić information content (AvgIpc) is 2.76. The molecule has 0 aliphatic rings. The molecule has 0 saturated carbocycles. The molecule has 1 N–H and O–H groups in total. The molecule has 0 radical (unpaired) electrons. The molecule has 0 aliphatic carbocycles. The normalized spacial score (nSPS) is 10.3. The van der Waals surface area contributed by atoms with Gasteiger partial charge in [0.05, 0.1) is 7.11 Å². The van der Waals surface area contributed by atoms with E-state index in [1.54, 1.807) is 6.07 Å². The van der Waals surface area contributed by atoms with E-state index in [0.29, 0.717) is 5.56 Å². The third kappa shape index (κ3) is 2.45. The first-order valence-electron chi connectivity index (χ1n) is 4.98. The average molecular weight is 252 g/mol. The smallest absolute Gasteiger partial charge is 0.312 e. The minimum Gasteiger partial charge on any atom is -0.494 e. The fourth-order valence-corrected chi connectivity index (χ4v) is 1.38. The van der Waals surface area contributed by atoms with Gasteiger partial charge in [-0.15, -0.1) is 0 Å². The van der Waals surface area contributed by atoms with Crippen LogP contribution in [-0.4, -0.2) is 28.3 Å². The highest BCUT2D eigenvalue weighted by atomic mass is 19.1. The van der Waals surface area contributed by atoms with Crippen LogP contribution in [0.4, 0.5) is 4.39 Å². The largest absolute Gasteiger partial charge is 0.494 e. The lowest BCUT2D eigenvalue weighted by atomic mass is 10.2. The van der Waals surface area contributed by atoms with E-state index in [-0.39, 0.29) is 23.9 Å². The molecule has 1 aromatic heterocycles. The summed E-state index contributed by atoms with van der Waals surface area (Å²) in [6.45, 7) is 0. The maximum atomic E-state index is 13.4. The van der Waals surface area contributed by atoms with Crippen LogP contribution in [0.15, 0.2) is 22.7 Å². The SMILES string of the molecule is COc1ccc(-c2noc(CC(=O)O)n2)cc1F. The first-order valence-corrected chi connectivity index (χ1v) is 4.98. The van der Waals surface area contributed by atoms with E-state index in [4.69, 9.17) is 14.4 Å². The van der Waals surface area contributed by atoms with Crippen molar-refractivity contribution in [2.45, 2.75) is 6.42 Å². The summed E-state index contributed by atoms with van der Waals surface area (Å²) in [5.41, 5.74) is 0.383. The summed E-state index contributed by atoms with van der Waals surface area (Å²) in [5.74, 6) is -1.43. The molecule has 0 fully saturated rings. The van der Waals surface area contributed by atoms with Crippen LogP contribution in [0.3, 0.4) is 0 Å². The Morgan fingerprint density at radius 3 is 2.94 bits per heavy atom. The summed E-state index contributed by atoms with van der Waals surface area (Å²) >= 11 is 0. The molecule has 94 valence electrons. The van der Waals surface area contributed by atoms with Crippen LogP contribution in [0, 0.1) is 5.82 Å². The molecule has 6 nitrogen and oxygen atoms in total. The summed E-state index contributed by atoms with van der Waals surface area (Å²) in [4.78, 5) is 14.3. The summed E-state index contributed by atoms with van der Waals surface area (Å²) in [7, 11) is 1.36. The van der Waals surface area contributed by atoms with Crippen molar-refractivity contribution in [3.8, 4) is 17.1 Å². The fraction of sp³-hybridized carbons (Fsp3) is 0.182. The molecule has 1 aromatic carbocycles. The van der Waals surface area contributed by atoms with Crippen molar-refractivity contribution in [2.24, 2.45) is 0 Å². The molecule has 7 heteroatoms. The summed E-state index contributed by atoms with van der Waals surface area (Å²) in [5, 5.41) is 12.1. The molecule has 0 atom stereocenters. The minimum atomic E-state index is -1.08. The zero-order valence-corrected chi connectivity index (χ0v) is 9.38. The molecule has 0 amide bonds. The monoisotopic (exact) mass is 252 g/mol. The lowest BCUT2D eigenvalue weighted by molar-refractivity contribution is -0.136. The van der Waals surface area contributed by atoms with Gasteiger partial charge in [-0.3, -0.25) is 4.79 Å². The quantitative estimate of drug-likeness (QED) is 0.887. The van der Waals surface area contributed by atoms with Gasteiger partial charge in [-0.2, -0.15) is 4.98 Å². The van der Waals surface area contributed by atoms with Crippen LogP contribution in [0.1, 0.15) is 5.89 Å². The number of methoxy groups -OCH3 is 1. The van der Waals surface area contributed by atoms with Crippen molar-refractivity contribution in [2.75, 3.05) is 7.11 Å². The Morgan fingerprint density at radius 1 is 1.56 bits per heavy atom. The molecule has 2 rings (SSSR count). The Hall–Kier alpha value is -2.44. The first kappa shape index (κ1) is 12.0. The second kappa shape index (κ2) is 4.82. The number of hydrogen-bond acceptors (Lipinski definition) is 5. The molecular formula is C11H9FN2O4. The molecule has 0 bridgehead atoms. The predicted molar refractivity (Wildman–Crippen MR) is 57.6 cm³/mol. The molecule has 18 heavy (non-hydrogen) atoms. The lowest BCUT2D eigenvalue weighted by Gasteiger charge is -2.01. The van der Waals surface area contributed by atoms with E-state index in [2.05, 4.69) is 10.1 Å². The Bertz CT molecular complexity index is 582. The van der Waals surface area contributed by atoms with E-state index in [1.165, 1.54) is 19.2 Å². The van der Waals surface area contributed by atoms with Gasteiger partial charge in [0.15, 0.2) is 11.6 Å². The molecule has 0 aliphatic heterocycles. The van der Waals surface area contributed by atoms with E-state index in [1.807, 2.05) is 0 Å². The molecule has 0 spiro atoms. The summed E-state index contributed by atoms with van der Waals surface area (Å²) in [6.07, 6.45) is -0.369. The zero-order chi connectivity index (χ0) is 13.1. The fourth-order valence-electron chi connectivity index (χ4n) is 1.38. The lowest BCUT2D eigenvalue weighted by Crippen LogP contribution is -1.99. The molecular weight excluding hydrogens is 243 g/mol. The highest BCUT2D eigenvalue weighted by molar-refractivity contribution is 5.69. The Morgan fingerprint density at radius 2 is 2.33 bits per heavy atom. The van der Waals surface area contributed by atoms with Gasteiger partial charge >= 0.3 is 5.97 Å². The number of rotatable bonds is 4. The van der Waals surface area contributed by atoms with Gasteiger partial charge in [-0.1, -0.05) is 5.16 Å². The number of hydrogen-bond donors (Lipinski definition) is 1. The number of aromatic nitrogens is 2. The highest BCUT2D eigenvalue weighted by Crippen LogP contribution is 2.23. The second-order valence-corrected chi connectivity index (χ2v) is 3.43. The predicted octanol–water partition coefficient (Wildman–Crippen LogP) is 1.51. The van der Waals surface area contributed by atoms with Crippen LogP contribution < -0.4 is 4.74 Å². The van der Waals surface area contributed by atoms with Gasteiger partial charge in [0.2, 0.25) is 11.7 Å². The first-order chi connectivity index (χ1) is 8.60. The van der Waals surface area contributed by atoms with Gasteiger partial charge < -0.3 is 14.4 Å². The number of halogens is 1. The van der Waals surface area contributed by atoms with Crippen molar-refractivity contribution in [3.05, 3.63) is 29.9 Å². The highest BCUT2D eigenvalue weighted by Gasteiger charge is 2.13. The van der Waals surface area contributed by atoms with E-state index < -0.39 is 11.8 Å². The number of aliphatic carboxylic acids is 1. The third-order valence-corrected chi connectivity index (χ3v) is 2.18. The minimum absolute atomic E-state index is 0.0336. The number of carboxylic acid groups (broad SMARTS) is 1. The van der Waals surface area contributed by atoms with Gasteiger partial charge in [-0.05, 0) is 18.2 Å². The summed E-state index contributed by atoms with van der Waals surface area (Å²) < 4.78 is 23.0. The number of carbonyl (C=O) groups is 1. The van der Waals surface area contributed by atoms with Crippen molar-refractivity contribution in [3.63, 3.8) is 0 Å². The van der Waals surface area contributed by atoms with Crippen molar-refractivity contribution in [1.29, 1.82) is 0 Å². The standard InChI is InChI=1S/C11H9FN2O4/c1-17-8-3-2-6(4-7(8)12)11-13-9(18-14-11)5-10(15)16/h2-4H,5H2,1H3,(H,15,16). The topological polar surface area (TPSA) is 85.5 Å². The van der Waals surface area contributed by atoms with Crippen LogP contribution >= 0.6 is 0 Å². The zero-order valence-electron chi connectivity index (χ0n) is 9.38. The van der Waals surface area contributed by atoms with Gasteiger partial charge in [0.25, 0.3) is 0 Å². The van der Waals surface area contributed by atoms with Crippen molar-refractivity contribution in [1.82, 2.24) is 10.1 Å². The van der Waals surface area contributed by atoms with Gasteiger partial charge in [-0.25, -0.2) is 4.39 Å². The van der Waals surface area contributed by atoms with Gasteiger partial charge in [0, 0.05) is 5.56 Å². The van der Waals surface area contributed by atoms with Gasteiger partial charge in [0.1, 0.15) is 6.42 Å². The molecule has 1 heterocycles. The Kier molecular flexibility index (Phi) is 3.22. The van der Waals surface area contributed by atoms with Crippen LogP contribution in [-0.2, 0) is 11.2 Å². The molecule has 0 saturated heterocycles. The van der Waals surface area contributed by atoms with Crippen LogP contribution in [0.2, 0.25) is 0 Å². The summed E-state index contributed by atoms with van der Waals surface area (Å²) in [6, 6.07) is 4.17. The second-order valence-electron chi connectivity index (χ2n) is 3.43. The maximum absolute atomic E-state index is 13.4. The number of carboxylic acids is 1. The third-order valence-electron chi connectivity index (χ3n) is 2.18. The molecule has 2 aromatic rings. The van der Waals surface area contributed by atoms with Crippen molar-refractivity contribution < 1.29 is 23.6 Å². The van der Waals surface area contributed by atoms with Crippen LogP contribution in [0.25, 0.3) is 11.4 Å². The van der Waals surface area contributed by atoms with E-state index in [9.17, 15) is 9.18 Å². The van der Waals surface area contributed by atoms with Crippen molar-refractivity contribution >= 4 is 5.97 Å². The Labute approximate surface area is 101 Å². The van der Waals surface area contributed by atoms with Crippen LogP contribution in [0.5, 0.6) is 5.75 Å². The van der Waals surface area contributed by atoms with E-state index >= 15 is 0 Å². The van der Waals surface area contributed by atoms with E-state index in [0.717, 1.165) is 0 Å².